The minimum absolute atomic E-state index is 0.0408. The van der Waals surface area contributed by atoms with Gasteiger partial charge in [-0.2, -0.15) is 0 Å². The summed E-state index contributed by atoms with van der Waals surface area (Å²) in [5.74, 6) is 0.850. The standard InChI is InChI=1S/C17H27N3O5/c1-12-8-13(10-20(12)16(21)25-17(2,3)4)24-15-9-14(18-11-19-15)23-7-6-22-5/h9,11-13H,6-8,10H2,1-5H3. The summed E-state index contributed by atoms with van der Waals surface area (Å²) in [5, 5.41) is 0. The van der Waals surface area contributed by atoms with Crippen molar-refractivity contribution < 1.29 is 23.7 Å². The van der Waals surface area contributed by atoms with Gasteiger partial charge in [-0.1, -0.05) is 0 Å². The quantitative estimate of drug-likeness (QED) is 0.726. The number of nitrogens with zero attached hydrogens (tertiary/aromatic N) is 3. The van der Waals surface area contributed by atoms with Crippen LogP contribution in [-0.4, -0.2) is 65.6 Å². The van der Waals surface area contributed by atoms with E-state index in [1.165, 1.54) is 6.33 Å². The average molecular weight is 353 g/mol. The summed E-state index contributed by atoms with van der Waals surface area (Å²) in [6.07, 6.45) is 1.63. The van der Waals surface area contributed by atoms with E-state index in [9.17, 15) is 4.79 Å². The summed E-state index contributed by atoms with van der Waals surface area (Å²) < 4.78 is 21.7. The third kappa shape index (κ3) is 6.04. The van der Waals surface area contributed by atoms with Gasteiger partial charge in [-0.15, -0.1) is 0 Å². The number of amides is 1. The lowest BCUT2D eigenvalue weighted by molar-refractivity contribution is 0.0223. The molecule has 25 heavy (non-hydrogen) atoms. The molecule has 8 heteroatoms. The van der Waals surface area contributed by atoms with E-state index in [2.05, 4.69) is 9.97 Å². The van der Waals surface area contributed by atoms with Gasteiger partial charge in [-0.05, 0) is 27.7 Å². The summed E-state index contributed by atoms with van der Waals surface area (Å²) in [6, 6.07) is 1.68. The molecule has 2 heterocycles. The van der Waals surface area contributed by atoms with Crippen LogP contribution in [0.3, 0.4) is 0 Å². The molecule has 1 fully saturated rings. The molecule has 0 N–H and O–H groups in total. The van der Waals surface area contributed by atoms with Crippen molar-refractivity contribution in [3.8, 4) is 11.8 Å². The Kier molecular flexibility index (Phi) is 6.41. The van der Waals surface area contributed by atoms with Crippen LogP contribution in [0.5, 0.6) is 11.8 Å². The highest BCUT2D eigenvalue weighted by Gasteiger charge is 2.36. The summed E-state index contributed by atoms with van der Waals surface area (Å²) in [6.45, 7) is 8.88. The highest BCUT2D eigenvalue weighted by molar-refractivity contribution is 5.69. The van der Waals surface area contributed by atoms with Crippen molar-refractivity contribution in [2.75, 3.05) is 26.9 Å². The average Bonchev–Trinajstić information content (AvgIpc) is 2.87. The number of carbonyl (C=O) groups is 1. The summed E-state index contributed by atoms with van der Waals surface area (Å²) in [4.78, 5) is 22.1. The van der Waals surface area contributed by atoms with Gasteiger partial charge >= 0.3 is 6.09 Å². The maximum Gasteiger partial charge on any atom is 0.410 e. The Balaban J connectivity index is 1.91. The number of rotatable bonds is 6. The van der Waals surface area contributed by atoms with E-state index in [1.54, 1.807) is 18.1 Å². The smallest absolute Gasteiger partial charge is 0.410 e. The zero-order valence-electron chi connectivity index (χ0n) is 15.5. The van der Waals surface area contributed by atoms with Crippen molar-refractivity contribution in [1.29, 1.82) is 0 Å². The number of ether oxygens (including phenoxy) is 4. The molecule has 2 atom stereocenters. The number of methoxy groups -OCH3 is 1. The molecule has 8 nitrogen and oxygen atoms in total. The monoisotopic (exact) mass is 353 g/mol. The first kappa shape index (κ1) is 19.2. The summed E-state index contributed by atoms with van der Waals surface area (Å²) in [5.41, 5.74) is -0.517. The van der Waals surface area contributed by atoms with Crippen LogP contribution in [0, 0.1) is 0 Å². The second-order valence-corrected chi connectivity index (χ2v) is 6.99. The van der Waals surface area contributed by atoms with Crippen LogP contribution in [0.2, 0.25) is 0 Å². The molecule has 0 saturated carbocycles. The Morgan fingerprint density at radius 1 is 1.28 bits per heavy atom. The van der Waals surface area contributed by atoms with Gasteiger partial charge in [0.05, 0.1) is 19.2 Å². The van der Waals surface area contributed by atoms with Gasteiger partial charge in [0.2, 0.25) is 11.8 Å². The molecule has 0 spiro atoms. The van der Waals surface area contributed by atoms with E-state index < -0.39 is 5.60 Å². The van der Waals surface area contributed by atoms with Gasteiger partial charge in [-0.3, -0.25) is 0 Å². The predicted octanol–water partition coefficient (Wildman–Crippen LogP) is 2.28. The number of hydrogen-bond acceptors (Lipinski definition) is 7. The van der Waals surface area contributed by atoms with Crippen molar-refractivity contribution in [1.82, 2.24) is 14.9 Å². The molecule has 0 radical (unpaired) electrons. The van der Waals surface area contributed by atoms with Gasteiger partial charge in [0.15, 0.2) is 0 Å². The maximum absolute atomic E-state index is 12.3. The molecule has 0 aliphatic carbocycles. The highest BCUT2D eigenvalue weighted by atomic mass is 16.6. The SMILES string of the molecule is COCCOc1cc(OC2CC(C)N(C(=O)OC(C)(C)C)C2)ncn1. The van der Waals surface area contributed by atoms with Crippen LogP contribution in [0.4, 0.5) is 4.79 Å². The van der Waals surface area contributed by atoms with Crippen molar-refractivity contribution in [3.05, 3.63) is 12.4 Å². The zero-order chi connectivity index (χ0) is 18.4. The molecule has 0 bridgehead atoms. The number of aromatic nitrogens is 2. The lowest BCUT2D eigenvalue weighted by Gasteiger charge is -2.26. The molecule has 2 unspecified atom stereocenters. The fourth-order valence-electron chi connectivity index (χ4n) is 2.51. The Morgan fingerprint density at radius 2 is 2.00 bits per heavy atom. The lowest BCUT2D eigenvalue weighted by atomic mass is 10.2. The first-order valence-corrected chi connectivity index (χ1v) is 8.38. The van der Waals surface area contributed by atoms with Gasteiger partial charge in [0.1, 0.15) is 24.6 Å². The molecular formula is C17H27N3O5. The largest absolute Gasteiger partial charge is 0.475 e. The van der Waals surface area contributed by atoms with E-state index in [-0.39, 0.29) is 18.2 Å². The van der Waals surface area contributed by atoms with Crippen LogP contribution in [0.25, 0.3) is 0 Å². The van der Waals surface area contributed by atoms with Crippen LogP contribution in [-0.2, 0) is 9.47 Å². The van der Waals surface area contributed by atoms with Crippen molar-refractivity contribution in [2.24, 2.45) is 0 Å². The lowest BCUT2D eigenvalue weighted by Crippen LogP contribution is -2.39. The van der Waals surface area contributed by atoms with Crippen molar-refractivity contribution >= 4 is 6.09 Å². The van der Waals surface area contributed by atoms with E-state index in [1.807, 2.05) is 27.7 Å². The molecule has 1 amide bonds. The Hall–Kier alpha value is -2.09. The van der Waals surface area contributed by atoms with E-state index in [0.717, 1.165) is 0 Å². The fourth-order valence-corrected chi connectivity index (χ4v) is 2.51. The van der Waals surface area contributed by atoms with E-state index in [0.29, 0.717) is 37.9 Å². The third-order valence-corrected chi connectivity index (χ3v) is 3.61. The third-order valence-electron chi connectivity index (χ3n) is 3.61. The van der Waals surface area contributed by atoms with Crippen LogP contribution >= 0.6 is 0 Å². The Bertz CT molecular complexity index is 576. The normalized spacial score (nSPS) is 20.4. The van der Waals surface area contributed by atoms with E-state index >= 15 is 0 Å². The minimum Gasteiger partial charge on any atom is -0.475 e. The number of likely N-dealkylation sites (tertiary alicyclic amines) is 1. The summed E-state index contributed by atoms with van der Waals surface area (Å²) in [7, 11) is 1.61. The summed E-state index contributed by atoms with van der Waals surface area (Å²) >= 11 is 0. The first-order valence-electron chi connectivity index (χ1n) is 8.38. The second kappa shape index (κ2) is 8.33. The second-order valence-electron chi connectivity index (χ2n) is 6.99. The van der Waals surface area contributed by atoms with Crippen LogP contribution in [0.1, 0.15) is 34.1 Å². The molecule has 2 rings (SSSR count). The molecule has 1 aromatic rings. The number of carbonyl (C=O) groups excluding carboxylic acids is 1. The number of hydrogen-bond donors (Lipinski definition) is 0. The predicted molar refractivity (Wildman–Crippen MR) is 90.8 cm³/mol. The molecule has 1 aliphatic heterocycles. The van der Waals surface area contributed by atoms with Gasteiger partial charge in [-0.25, -0.2) is 14.8 Å². The van der Waals surface area contributed by atoms with Crippen LogP contribution < -0.4 is 9.47 Å². The Morgan fingerprint density at radius 3 is 2.68 bits per heavy atom. The minimum atomic E-state index is -0.517. The first-order chi connectivity index (χ1) is 11.8. The Labute approximate surface area is 148 Å². The molecular weight excluding hydrogens is 326 g/mol. The van der Waals surface area contributed by atoms with Crippen molar-refractivity contribution in [3.63, 3.8) is 0 Å². The topological polar surface area (TPSA) is 83.0 Å². The van der Waals surface area contributed by atoms with Crippen molar-refractivity contribution in [2.45, 2.75) is 51.9 Å². The molecule has 1 aliphatic rings. The van der Waals surface area contributed by atoms with E-state index in [4.69, 9.17) is 18.9 Å². The fraction of sp³-hybridized carbons (Fsp3) is 0.706. The highest BCUT2D eigenvalue weighted by Crippen LogP contribution is 2.24. The van der Waals surface area contributed by atoms with Gasteiger partial charge in [0, 0.05) is 19.6 Å². The van der Waals surface area contributed by atoms with Gasteiger partial charge in [0.25, 0.3) is 0 Å². The molecule has 1 aromatic heterocycles. The maximum atomic E-state index is 12.3. The molecule has 140 valence electrons. The zero-order valence-corrected chi connectivity index (χ0v) is 15.5. The van der Waals surface area contributed by atoms with Gasteiger partial charge < -0.3 is 23.8 Å². The van der Waals surface area contributed by atoms with Crippen LogP contribution in [0.15, 0.2) is 12.4 Å². The molecule has 1 saturated heterocycles. The molecule has 0 aromatic carbocycles.